The molecule has 1 aliphatic carbocycles. The highest BCUT2D eigenvalue weighted by Gasteiger charge is 2.18. The first kappa shape index (κ1) is 23.1. The number of nitrogens with one attached hydrogen (secondary N) is 2. The minimum Gasteiger partial charge on any atom is -0.370 e. The first-order valence-electron chi connectivity index (χ1n) is 10.9. The van der Waals surface area contributed by atoms with Crippen molar-refractivity contribution in [2.75, 3.05) is 4.72 Å². The number of nitrogens with two attached hydrogens (primary N) is 2. The molecule has 0 bridgehead atoms. The van der Waals surface area contributed by atoms with Crippen LogP contribution < -0.4 is 21.5 Å². The van der Waals surface area contributed by atoms with Crippen LogP contribution in [0.2, 0.25) is 0 Å². The van der Waals surface area contributed by atoms with Gasteiger partial charge in [-0.3, -0.25) is 4.72 Å². The molecule has 3 rings (SSSR count). The van der Waals surface area contributed by atoms with Gasteiger partial charge >= 0.3 is 0 Å². The molecule has 168 valence electrons. The van der Waals surface area contributed by atoms with Gasteiger partial charge in [0, 0.05) is 12.6 Å². The number of para-hydroxylation sites is 1. The molecule has 0 aliphatic heterocycles. The Bertz CT molecular complexity index is 979. The first-order chi connectivity index (χ1) is 14.8. The molecule has 8 heteroatoms. The summed E-state index contributed by atoms with van der Waals surface area (Å²) >= 11 is 0. The summed E-state index contributed by atoms with van der Waals surface area (Å²) in [5.41, 5.74) is 12.7. The van der Waals surface area contributed by atoms with E-state index in [-0.39, 0.29) is 10.9 Å². The highest BCUT2D eigenvalue weighted by atomic mass is 32.2. The average Bonchev–Trinajstić information content (AvgIpc) is 2.73. The predicted molar refractivity (Wildman–Crippen MR) is 127 cm³/mol. The van der Waals surface area contributed by atoms with Crippen LogP contribution in [0.25, 0.3) is 0 Å². The van der Waals surface area contributed by atoms with E-state index in [1.165, 1.54) is 44.2 Å². The summed E-state index contributed by atoms with van der Waals surface area (Å²) in [7, 11) is -3.73. The lowest BCUT2D eigenvalue weighted by molar-refractivity contribution is 0.305. The smallest absolute Gasteiger partial charge is 0.261 e. The van der Waals surface area contributed by atoms with Gasteiger partial charge < -0.3 is 16.8 Å². The van der Waals surface area contributed by atoms with E-state index in [0.717, 1.165) is 17.9 Å². The van der Waals surface area contributed by atoms with Crippen LogP contribution in [0.5, 0.6) is 0 Å². The number of hydrogen-bond acceptors (Lipinski definition) is 4. The molecule has 0 amide bonds. The zero-order valence-corrected chi connectivity index (χ0v) is 18.9. The highest BCUT2D eigenvalue weighted by Crippen LogP contribution is 2.27. The lowest BCUT2D eigenvalue weighted by Crippen LogP contribution is -2.29. The molecule has 0 spiro atoms. The minimum absolute atomic E-state index is 0.0760. The van der Waals surface area contributed by atoms with E-state index < -0.39 is 10.0 Å². The van der Waals surface area contributed by atoms with Crippen LogP contribution in [0.15, 0.2) is 58.4 Å². The van der Waals surface area contributed by atoms with Gasteiger partial charge in [-0.2, -0.15) is 0 Å². The molecule has 1 unspecified atom stereocenters. The normalized spacial score (nSPS) is 15.9. The van der Waals surface area contributed by atoms with Crippen molar-refractivity contribution in [3.8, 4) is 0 Å². The van der Waals surface area contributed by atoms with Gasteiger partial charge in [-0.15, -0.1) is 0 Å². The summed E-state index contributed by atoms with van der Waals surface area (Å²) in [6.45, 7) is 2.82. The maximum atomic E-state index is 12.9. The van der Waals surface area contributed by atoms with E-state index in [2.05, 4.69) is 22.0 Å². The molecular weight excluding hydrogens is 410 g/mol. The molecule has 1 atom stereocenters. The van der Waals surface area contributed by atoms with Gasteiger partial charge in [-0.25, -0.2) is 13.4 Å². The summed E-state index contributed by atoms with van der Waals surface area (Å²) in [6, 6.07) is 14.0. The quantitative estimate of drug-likeness (QED) is 0.346. The van der Waals surface area contributed by atoms with Gasteiger partial charge in [0.25, 0.3) is 10.0 Å². The van der Waals surface area contributed by atoms with Crippen LogP contribution in [-0.4, -0.2) is 20.4 Å². The van der Waals surface area contributed by atoms with Crippen molar-refractivity contribution in [1.82, 2.24) is 5.32 Å². The molecule has 2 aromatic rings. The third-order valence-electron chi connectivity index (χ3n) is 5.72. The first-order valence-corrected chi connectivity index (χ1v) is 12.4. The fourth-order valence-electron chi connectivity index (χ4n) is 4.12. The lowest BCUT2D eigenvalue weighted by atomic mass is 9.85. The van der Waals surface area contributed by atoms with Gasteiger partial charge in [0.1, 0.15) is 0 Å². The van der Waals surface area contributed by atoms with Gasteiger partial charge in [0.2, 0.25) is 0 Å². The number of sulfonamides is 1. The number of rotatable bonds is 9. The van der Waals surface area contributed by atoms with E-state index in [1.54, 1.807) is 18.2 Å². The second-order valence-electron chi connectivity index (χ2n) is 8.31. The van der Waals surface area contributed by atoms with Crippen LogP contribution in [0, 0.1) is 5.92 Å². The van der Waals surface area contributed by atoms with E-state index in [0.29, 0.717) is 24.0 Å². The highest BCUT2D eigenvalue weighted by molar-refractivity contribution is 7.92. The minimum atomic E-state index is -3.73. The molecule has 1 fully saturated rings. The largest absolute Gasteiger partial charge is 0.370 e. The van der Waals surface area contributed by atoms with Crippen molar-refractivity contribution in [3.63, 3.8) is 0 Å². The third kappa shape index (κ3) is 6.97. The molecule has 0 aromatic heterocycles. The van der Waals surface area contributed by atoms with Crippen molar-refractivity contribution in [2.24, 2.45) is 22.4 Å². The molecular formula is C23H33N5O2S. The van der Waals surface area contributed by atoms with Crippen LogP contribution in [0.1, 0.15) is 51.0 Å². The molecule has 2 aromatic carbocycles. The van der Waals surface area contributed by atoms with Crippen molar-refractivity contribution in [3.05, 3.63) is 54.1 Å². The predicted octanol–water partition coefficient (Wildman–Crippen LogP) is 3.84. The van der Waals surface area contributed by atoms with Gasteiger partial charge in [0.05, 0.1) is 16.3 Å². The molecule has 0 heterocycles. The second-order valence-corrected chi connectivity index (χ2v) is 10.00. The fraction of sp³-hybridized carbons (Fsp3) is 0.435. The third-order valence-corrected chi connectivity index (χ3v) is 7.10. The monoisotopic (exact) mass is 443 g/mol. The summed E-state index contributed by atoms with van der Waals surface area (Å²) in [5.74, 6) is 0.722. The molecule has 31 heavy (non-hydrogen) atoms. The number of guanidine groups is 1. The Hall–Kier alpha value is -2.58. The molecule has 1 aliphatic rings. The number of benzene rings is 2. The van der Waals surface area contributed by atoms with Crippen molar-refractivity contribution in [2.45, 2.75) is 62.9 Å². The van der Waals surface area contributed by atoms with Crippen molar-refractivity contribution >= 4 is 27.4 Å². The van der Waals surface area contributed by atoms with E-state index in [4.69, 9.17) is 11.5 Å². The standard InChI is InChI=1S/C23H33N5O2S/c1-17(15-18-7-3-2-4-8-18)26-16-19-9-5-6-10-22(19)28-31(29,30)21-13-11-20(12-14-21)27-23(24)25/h5-6,9-14,17-18,26,28H,2-4,7-8,15-16H2,1H3,(H4,24,25,27). The molecule has 0 saturated heterocycles. The summed E-state index contributed by atoms with van der Waals surface area (Å²) in [6.07, 6.45) is 7.86. The van der Waals surface area contributed by atoms with Crippen molar-refractivity contribution < 1.29 is 8.42 Å². The van der Waals surface area contributed by atoms with Crippen LogP contribution >= 0.6 is 0 Å². The fourth-order valence-corrected chi connectivity index (χ4v) is 5.22. The molecule has 1 saturated carbocycles. The maximum Gasteiger partial charge on any atom is 0.261 e. The number of anilines is 1. The van der Waals surface area contributed by atoms with Gasteiger partial charge in [-0.05, 0) is 55.2 Å². The van der Waals surface area contributed by atoms with E-state index >= 15 is 0 Å². The SMILES string of the molecule is CC(CC1CCCCC1)NCc1ccccc1NS(=O)(=O)c1ccc(N=C(N)N)cc1. The summed E-state index contributed by atoms with van der Waals surface area (Å²) in [5, 5.41) is 3.56. The Kier molecular flexibility index (Phi) is 7.92. The molecule has 0 radical (unpaired) electrons. The Morgan fingerprint density at radius 3 is 2.42 bits per heavy atom. The van der Waals surface area contributed by atoms with E-state index in [9.17, 15) is 8.42 Å². The van der Waals surface area contributed by atoms with Gasteiger partial charge in [0.15, 0.2) is 5.96 Å². The Labute approximate surface area is 185 Å². The second kappa shape index (κ2) is 10.6. The van der Waals surface area contributed by atoms with Crippen molar-refractivity contribution in [1.29, 1.82) is 0 Å². The Morgan fingerprint density at radius 2 is 1.74 bits per heavy atom. The zero-order chi connectivity index (χ0) is 22.3. The maximum absolute atomic E-state index is 12.9. The topological polar surface area (TPSA) is 123 Å². The Balaban J connectivity index is 1.64. The van der Waals surface area contributed by atoms with Crippen LogP contribution in [0.3, 0.4) is 0 Å². The van der Waals surface area contributed by atoms with Crippen LogP contribution in [-0.2, 0) is 16.6 Å². The number of hydrogen-bond donors (Lipinski definition) is 4. The molecule has 6 N–H and O–H groups in total. The van der Waals surface area contributed by atoms with Crippen LogP contribution in [0.4, 0.5) is 11.4 Å². The number of aliphatic imine (C=N–C) groups is 1. The number of nitrogens with zero attached hydrogens (tertiary/aromatic N) is 1. The van der Waals surface area contributed by atoms with E-state index in [1.807, 2.05) is 18.2 Å². The summed E-state index contributed by atoms with van der Waals surface area (Å²) < 4.78 is 28.5. The zero-order valence-electron chi connectivity index (χ0n) is 18.0. The van der Waals surface area contributed by atoms with Gasteiger partial charge in [-0.1, -0.05) is 50.3 Å². The average molecular weight is 444 g/mol. The summed E-state index contributed by atoms with van der Waals surface area (Å²) in [4.78, 5) is 4.06. The lowest BCUT2D eigenvalue weighted by Gasteiger charge is -2.25. The Morgan fingerprint density at radius 1 is 1.06 bits per heavy atom. The molecule has 7 nitrogen and oxygen atoms in total.